The summed E-state index contributed by atoms with van der Waals surface area (Å²) in [7, 11) is 0. The van der Waals surface area contributed by atoms with Crippen LogP contribution in [0.5, 0.6) is 0 Å². The number of rotatable bonds is 4. The fourth-order valence-electron chi connectivity index (χ4n) is 2.83. The SMILES string of the molecule is Cc1occc1C(NN)C1CC1c1ccccc1. The van der Waals surface area contributed by atoms with Crippen LogP contribution in [-0.4, -0.2) is 0 Å². The van der Waals surface area contributed by atoms with Crippen LogP contribution >= 0.6 is 0 Å². The van der Waals surface area contributed by atoms with Crippen molar-refractivity contribution in [1.29, 1.82) is 0 Å². The maximum atomic E-state index is 5.72. The molecule has 0 saturated heterocycles. The lowest BCUT2D eigenvalue weighted by Gasteiger charge is -2.15. The van der Waals surface area contributed by atoms with Gasteiger partial charge in [-0.15, -0.1) is 0 Å². The molecule has 3 heteroatoms. The average Bonchev–Trinajstić information content (AvgIpc) is 3.08. The number of furan rings is 1. The maximum absolute atomic E-state index is 5.72. The Morgan fingerprint density at radius 1 is 1.28 bits per heavy atom. The molecule has 3 nitrogen and oxygen atoms in total. The van der Waals surface area contributed by atoms with Crippen LogP contribution in [0.1, 0.15) is 35.3 Å². The van der Waals surface area contributed by atoms with Crippen molar-refractivity contribution in [1.82, 2.24) is 5.43 Å². The molecule has 0 radical (unpaired) electrons. The Kier molecular flexibility index (Phi) is 2.94. The summed E-state index contributed by atoms with van der Waals surface area (Å²) in [5.74, 6) is 7.85. The topological polar surface area (TPSA) is 51.2 Å². The average molecular weight is 242 g/mol. The zero-order chi connectivity index (χ0) is 12.5. The summed E-state index contributed by atoms with van der Waals surface area (Å²) in [5, 5.41) is 0. The molecular formula is C15H18N2O. The summed E-state index contributed by atoms with van der Waals surface area (Å²) in [4.78, 5) is 0. The Morgan fingerprint density at radius 3 is 2.67 bits per heavy atom. The molecule has 2 aromatic rings. The molecule has 1 heterocycles. The van der Waals surface area contributed by atoms with Gasteiger partial charge in [0.25, 0.3) is 0 Å². The Bertz CT molecular complexity index is 520. The maximum Gasteiger partial charge on any atom is 0.105 e. The van der Waals surface area contributed by atoms with Gasteiger partial charge in [-0.25, -0.2) is 0 Å². The minimum Gasteiger partial charge on any atom is -0.469 e. The van der Waals surface area contributed by atoms with E-state index in [2.05, 4.69) is 35.8 Å². The highest BCUT2D eigenvalue weighted by Crippen LogP contribution is 2.54. The van der Waals surface area contributed by atoms with E-state index in [-0.39, 0.29) is 6.04 Å². The number of aryl methyl sites for hydroxylation is 1. The summed E-state index contributed by atoms with van der Waals surface area (Å²) >= 11 is 0. The largest absolute Gasteiger partial charge is 0.469 e. The third kappa shape index (κ3) is 1.96. The van der Waals surface area contributed by atoms with E-state index in [0.29, 0.717) is 11.8 Å². The number of nitrogens with one attached hydrogen (secondary N) is 1. The van der Waals surface area contributed by atoms with E-state index in [9.17, 15) is 0 Å². The summed E-state index contributed by atoms with van der Waals surface area (Å²) < 4.78 is 5.37. The molecule has 3 unspecified atom stereocenters. The van der Waals surface area contributed by atoms with Gasteiger partial charge in [0, 0.05) is 5.56 Å². The van der Waals surface area contributed by atoms with Crippen LogP contribution in [-0.2, 0) is 0 Å². The second-order valence-corrected chi connectivity index (χ2v) is 4.99. The smallest absolute Gasteiger partial charge is 0.105 e. The lowest BCUT2D eigenvalue weighted by Crippen LogP contribution is -2.30. The highest BCUT2D eigenvalue weighted by Gasteiger charge is 2.44. The predicted octanol–water partition coefficient (Wildman–Crippen LogP) is 2.90. The van der Waals surface area contributed by atoms with E-state index in [1.807, 2.05) is 13.0 Å². The summed E-state index contributed by atoms with van der Waals surface area (Å²) in [6, 6.07) is 12.8. The molecule has 0 spiro atoms. The lowest BCUT2D eigenvalue weighted by molar-refractivity contribution is 0.466. The Hall–Kier alpha value is -1.58. The van der Waals surface area contributed by atoms with Crippen molar-refractivity contribution in [3.63, 3.8) is 0 Å². The van der Waals surface area contributed by atoms with Crippen molar-refractivity contribution in [3.05, 3.63) is 59.5 Å². The zero-order valence-electron chi connectivity index (χ0n) is 10.5. The summed E-state index contributed by atoms with van der Waals surface area (Å²) in [6.07, 6.45) is 2.92. The first kappa shape index (κ1) is 11.5. The molecule has 1 aromatic heterocycles. The molecule has 18 heavy (non-hydrogen) atoms. The van der Waals surface area contributed by atoms with Gasteiger partial charge in [0.2, 0.25) is 0 Å². The fraction of sp³-hybridized carbons (Fsp3) is 0.333. The number of hydrazine groups is 1. The van der Waals surface area contributed by atoms with E-state index in [1.54, 1.807) is 6.26 Å². The van der Waals surface area contributed by atoms with Crippen LogP contribution in [0.3, 0.4) is 0 Å². The zero-order valence-corrected chi connectivity index (χ0v) is 10.5. The molecule has 3 atom stereocenters. The van der Waals surface area contributed by atoms with Crippen molar-refractivity contribution >= 4 is 0 Å². The summed E-state index contributed by atoms with van der Waals surface area (Å²) in [6.45, 7) is 1.99. The molecule has 0 bridgehead atoms. The van der Waals surface area contributed by atoms with Crippen molar-refractivity contribution in [3.8, 4) is 0 Å². The van der Waals surface area contributed by atoms with Crippen LogP contribution < -0.4 is 11.3 Å². The molecule has 3 rings (SSSR count). The number of hydrogen-bond acceptors (Lipinski definition) is 3. The number of hydrogen-bond donors (Lipinski definition) is 2. The van der Waals surface area contributed by atoms with Gasteiger partial charge in [-0.1, -0.05) is 30.3 Å². The number of benzene rings is 1. The van der Waals surface area contributed by atoms with Gasteiger partial charge in [-0.3, -0.25) is 11.3 Å². The van der Waals surface area contributed by atoms with E-state index in [1.165, 1.54) is 17.5 Å². The molecule has 94 valence electrons. The molecule has 1 saturated carbocycles. The van der Waals surface area contributed by atoms with Crippen LogP contribution in [0.15, 0.2) is 47.1 Å². The van der Waals surface area contributed by atoms with Crippen molar-refractivity contribution in [2.24, 2.45) is 11.8 Å². The third-order valence-corrected chi connectivity index (χ3v) is 3.91. The van der Waals surface area contributed by atoms with Gasteiger partial charge in [0.15, 0.2) is 0 Å². The molecule has 1 aliphatic carbocycles. The first-order valence-corrected chi connectivity index (χ1v) is 6.36. The van der Waals surface area contributed by atoms with Gasteiger partial charge in [0.05, 0.1) is 12.3 Å². The van der Waals surface area contributed by atoms with Crippen LogP contribution in [0.4, 0.5) is 0 Å². The highest BCUT2D eigenvalue weighted by molar-refractivity contribution is 5.31. The second-order valence-electron chi connectivity index (χ2n) is 4.99. The number of nitrogens with two attached hydrogens (primary N) is 1. The van der Waals surface area contributed by atoms with E-state index >= 15 is 0 Å². The minimum atomic E-state index is 0.189. The van der Waals surface area contributed by atoms with Gasteiger partial charge >= 0.3 is 0 Å². The molecule has 0 aliphatic heterocycles. The lowest BCUT2D eigenvalue weighted by atomic mass is 10.00. The van der Waals surface area contributed by atoms with Gasteiger partial charge in [0.1, 0.15) is 5.76 Å². The van der Waals surface area contributed by atoms with Crippen molar-refractivity contribution in [2.75, 3.05) is 0 Å². The van der Waals surface area contributed by atoms with Crippen molar-refractivity contribution in [2.45, 2.75) is 25.3 Å². The first-order chi connectivity index (χ1) is 8.81. The fourth-order valence-corrected chi connectivity index (χ4v) is 2.83. The Balaban J connectivity index is 1.79. The molecule has 0 amide bonds. The van der Waals surface area contributed by atoms with Crippen molar-refractivity contribution < 1.29 is 4.42 Å². The monoisotopic (exact) mass is 242 g/mol. The first-order valence-electron chi connectivity index (χ1n) is 6.36. The molecule has 1 aromatic carbocycles. The van der Waals surface area contributed by atoms with Gasteiger partial charge in [-0.05, 0) is 36.8 Å². The van der Waals surface area contributed by atoms with Gasteiger partial charge < -0.3 is 4.42 Å². The Morgan fingerprint density at radius 2 is 2.06 bits per heavy atom. The van der Waals surface area contributed by atoms with Gasteiger partial charge in [-0.2, -0.15) is 0 Å². The van der Waals surface area contributed by atoms with Crippen LogP contribution in [0.25, 0.3) is 0 Å². The molecule has 3 N–H and O–H groups in total. The van der Waals surface area contributed by atoms with Crippen LogP contribution in [0, 0.1) is 12.8 Å². The standard InChI is InChI=1S/C15H18N2O/c1-10-12(7-8-18-10)15(17-16)14-9-13(14)11-5-3-2-4-6-11/h2-8,13-15,17H,9,16H2,1H3. The predicted molar refractivity (Wildman–Crippen MR) is 70.8 cm³/mol. The third-order valence-electron chi connectivity index (χ3n) is 3.91. The Labute approximate surface area is 107 Å². The van der Waals surface area contributed by atoms with E-state index in [4.69, 9.17) is 10.3 Å². The molecular weight excluding hydrogens is 224 g/mol. The second kappa shape index (κ2) is 4.59. The summed E-state index contributed by atoms with van der Waals surface area (Å²) in [5.41, 5.74) is 5.53. The van der Waals surface area contributed by atoms with Crippen LogP contribution in [0.2, 0.25) is 0 Å². The molecule has 1 fully saturated rings. The van der Waals surface area contributed by atoms with E-state index in [0.717, 1.165) is 5.76 Å². The minimum absolute atomic E-state index is 0.189. The highest BCUT2D eigenvalue weighted by atomic mass is 16.3. The molecule has 1 aliphatic rings. The van der Waals surface area contributed by atoms with E-state index < -0.39 is 0 Å². The normalized spacial score (nSPS) is 23.9. The quantitative estimate of drug-likeness (QED) is 0.640.